The zero-order chi connectivity index (χ0) is 13.2. The Bertz CT molecular complexity index is 579. The minimum atomic E-state index is 0.203. The van der Waals surface area contributed by atoms with Crippen molar-refractivity contribution in [2.75, 3.05) is 0 Å². The van der Waals surface area contributed by atoms with E-state index in [9.17, 15) is 0 Å². The van der Waals surface area contributed by atoms with Crippen LogP contribution in [0.15, 0.2) is 23.6 Å². The van der Waals surface area contributed by atoms with Gasteiger partial charge in [0.15, 0.2) is 0 Å². The molecule has 3 rings (SSSR count). The molecule has 1 heterocycles. The van der Waals surface area contributed by atoms with Crippen LogP contribution in [0, 0.1) is 0 Å². The average molecular weight is 274 g/mol. The van der Waals surface area contributed by atoms with E-state index in [4.69, 9.17) is 10.5 Å². The van der Waals surface area contributed by atoms with Crippen LogP contribution in [0.4, 0.5) is 0 Å². The molecule has 4 heteroatoms. The van der Waals surface area contributed by atoms with Gasteiger partial charge in [0.1, 0.15) is 12.4 Å². The number of aryl methyl sites for hydroxylation is 2. The van der Waals surface area contributed by atoms with Crippen LogP contribution < -0.4 is 10.5 Å². The Balaban J connectivity index is 1.67. The summed E-state index contributed by atoms with van der Waals surface area (Å²) < 4.78 is 5.81. The molecule has 1 aliphatic rings. The monoisotopic (exact) mass is 274 g/mol. The van der Waals surface area contributed by atoms with Gasteiger partial charge in [-0.2, -0.15) is 0 Å². The Morgan fingerprint density at radius 3 is 3.16 bits per heavy atom. The van der Waals surface area contributed by atoms with Gasteiger partial charge >= 0.3 is 0 Å². The molecule has 1 aliphatic carbocycles. The lowest BCUT2D eigenvalue weighted by molar-refractivity contribution is 0.301. The molecular formula is C15H18N2OS. The standard InChI is InChI=1S/C15H18N2OS/c1-2-15-17-11(9-19-15)8-18-12-4-5-13-10(7-12)3-6-14(13)16/h4-5,7,9,14H,2-3,6,8,16H2,1H3/t14-/m1/s1. The molecule has 1 aromatic carbocycles. The Morgan fingerprint density at radius 2 is 2.37 bits per heavy atom. The zero-order valence-electron chi connectivity index (χ0n) is 11.1. The van der Waals surface area contributed by atoms with Crippen molar-refractivity contribution in [3.8, 4) is 5.75 Å². The fourth-order valence-electron chi connectivity index (χ4n) is 2.45. The molecule has 1 atom stereocenters. The van der Waals surface area contributed by atoms with Crippen LogP contribution in [0.3, 0.4) is 0 Å². The van der Waals surface area contributed by atoms with E-state index < -0.39 is 0 Å². The Hall–Kier alpha value is -1.39. The second kappa shape index (κ2) is 5.31. The molecule has 2 N–H and O–H groups in total. The van der Waals surface area contributed by atoms with E-state index in [1.54, 1.807) is 11.3 Å². The van der Waals surface area contributed by atoms with E-state index in [1.165, 1.54) is 16.1 Å². The average Bonchev–Trinajstić information content (AvgIpc) is 3.03. The Morgan fingerprint density at radius 1 is 1.47 bits per heavy atom. The minimum Gasteiger partial charge on any atom is -0.487 e. The Labute approximate surface area is 117 Å². The zero-order valence-corrected chi connectivity index (χ0v) is 11.9. The van der Waals surface area contributed by atoms with Gasteiger partial charge in [-0.25, -0.2) is 4.98 Å². The molecule has 0 saturated heterocycles. The van der Waals surface area contributed by atoms with Crippen molar-refractivity contribution >= 4 is 11.3 Å². The summed E-state index contributed by atoms with van der Waals surface area (Å²) in [4.78, 5) is 4.50. The maximum Gasteiger partial charge on any atom is 0.131 e. The van der Waals surface area contributed by atoms with E-state index >= 15 is 0 Å². The van der Waals surface area contributed by atoms with Crippen LogP contribution in [0.25, 0.3) is 0 Å². The number of benzene rings is 1. The molecule has 100 valence electrons. The first-order valence-electron chi connectivity index (χ1n) is 6.70. The molecule has 0 unspecified atom stereocenters. The molecule has 0 aliphatic heterocycles. The quantitative estimate of drug-likeness (QED) is 0.931. The number of ether oxygens (including phenoxy) is 1. The van der Waals surface area contributed by atoms with Crippen molar-refractivity contribution in [3.63, 3.8) is 0 Å². The van der Waals surface area contributed by atoms with Gasteiger partial charge < -0.3 is 10.5 Å². The van der Waals surface area contributed by atoms with Crippen molar-refractivity contribution < 1.29 is 4.74 Å². The lowest BCUT2D eigenvalue weighted by Crippen LogP contribution is -2.05. The van der Waals surface area contributed by atoms with Gasteiger partial charge in [0, 0.05) is 11.4 Å². The van der Waals surface area contributed by atoms with Crippen molar-refractivity contribution in [1.82, 2.24) is 4.98 Å². The highest BCUT2D eigenvalue weighted by Gasteiger charge is 2.19. The van der Waals surface area contributed by atoms with E-state index in [2.05, 4.69) is 29.4 Å². The molecule has 1 aromatic heterocycles. The van der Waals surface area contributed by atoms with Crippen LogP contribution >= 0.6 is 11.3 Å². The topological polar surface area (TPSA) is 48.1 Å². The summed E-state index contributed by atoms with van der Waals surface area (Å²) >= 11 is 1.70. The highest BCUT2D eigenvalue weighted by atomic mass is 32.1. The van der Waals surface area contributed by atoms with Gasteiger partial charge in [-0.3, -0.25) is 0 Å². The van der Waals surface area contributed by atoms with Gasteiger partial charge in [-0.05, 0) is 42.5 Å². The number of aromatic nitrogens is 1. The van der Waals surface area contributed by atoms with Crippen molar-refractivity contribution in [3.05, 3.63) is 45.4 Å². The first-order valence-corrected chi connectivity index (χ1v) is 7.58. The number of nitrogens with two attached hydrogens (primary N) is 1. The Kier molecular flexibility index (Phi) is 3.53. The highest BCUT2D eigenvalue weighted by molar-refractivity contribution is 7.09. The van der Waals surface area contributed by atoms with Crippen molar-refractivity contribution in [2.24, 2.45) is 5.73 Å². The molecule has 0 radical (unpaired) electrons. The predicted molar refractivity (Wildman–Crippen MR) is 77.5 cm³/mol. The van der Waals surface area contributed by atoms with Crippen LogP contribution in [0.1, 0.15) is 41.2 Å². The molecule has 0 fully saturated rings. The number of rotatable bonds is 4. The molecule has 0 spiro atoms. The fraction of sp³-hybridized carbons (Fsp3) is 0.400. The van der Waals surface area contributed by atoms with E-state index in [0.29, 0.717) is 6.61 Å². The third-order valence-electron chi connectivity index (χ3n) is 3.53. The minimum absolute atomic E-state index is 0.203. The number of fused-ring (bicyclic) bond motifs is 1. The normalized spacial score (nSPS) is 17.5. The number of nitrogens with zero attached hydrogens (tertiary/aromatic N) is 1. The summed E-state index contributed by atoms with van der Waals surface area (Å²) in [5.41, 5.74) is 9.65. The van der Waals surface area contributed by atoms with Gasteiger partial charge in [0.25, 0.3) is 0 Å². The SMILES string of the molecule is CCc1nc(COc2ccc3c(c2)CC[C@H]3N)cs1. The van der Waals surface area contributed by atoms with Crippen LogP contribution in [0.2, 0.25) is 0 Å². The van der Waals surface area contributed by atoms with Gasteiger partial charge in [-0.15, -0.1) is 11.3 Å². The molecular weight excluding hydrogens is 256 g/mol. The van der Waals surface area contributed by atoms with Crippen LogP contribution in [0.5, 0.6) is 5.75 Å². The van der Waals surface area contributed by atoms with Crippen molar-refractivity contribution in [1.29, 1.82) is 0 Å². The second-order valence-electron chi connectivity index (χ2n) is 4.88. The van der Waals surface area contributed by atoms with Gasteiger partial charge in [-0.1, -0.05) is 13.0 Å². The van der Waals surface area contributed by atoms with E-state index in [-0.39, 0.29) is 6.04 Å². The first-order chi connectivity index (χ1) is 9.26. The first kappa shape index (κ1) is 12.6. The highest BCUT2D eigenvalue weighted by Crippen LogP contribution is 2.32. The molecule has 0 amide bonds. The number of hydrogen-bond acceptors (Lipinski definition) is 4. The van der Waals surface area contributed by atoms with Crippen LogP contribution in [-0.4, -0.2) is 4.98 Å². The predicted octanol–water partition coefficient (Wildman–Crippen LogP) is 3.23. The molecule has 3 nitrogen and oxygen atoms in total. The van der Waals surface area contributed by atoms with Crippen molar-refractivity contribution in [2.45, 2.75) is 38.8 Å². The molecule has 0 bridgehead atoms. The summed E-state index contributed by atoms with van der Waals surface area (Å²) in [7, 11) is 0. The summed E-state index contributed by atoms with van der Waals surface area (Å²) in [6.07, 6.45) is 3.09. The van der Waals surface area contributed by atoms with E-state index in [1.807, 2.05) is 6.07 Å². The lowest BCUT2D eigenvalue weighted by Gasteiger charge is -2.08. The summed E-state index contributed by atoms with van der Waals surface area (Å²) in [5.74, 6) is 0.916. The second-order valence-corrected chi connectivity index (χ2v) is 5.82. The number of thiazole rings is 1. The molecule has 2 aromatic rings. The molecule has 19 heavy (non-hydrogen) atoms. The van der Waals surface area contributed by atoms with E-state index in [0.717, 1.165) is 30.7 Å². The van der Waals surface area contributed by atoms with Crippen LogP contribution in [-0.2, 0) is 19.4 Å². The largest absolute Gasteiger partial charge is 0.487 e. The smallest absolute Gasteiger partial charge is 0.131 e. The third kappa shape index (κ3) is 2.65. The fourth-order valence-corrected chi connectivity index (χ4v) is 3.18. The maximum absolute atomic E-state index is 6.03. The lowest BCUT2D eigenvalue weighted by atomic mass is 10.1. The van der Waals surface area contributed by atoms with Gasteiger partial charge in [0.2, 0.25) is 0 Å². The third-order valence-corrected chi connectivity index (χ3v) is 4.57. The van der Waals surface area contributed by atoms with Gasteiger partial charge in [0.05, 0.1) is 10.7 Å². The number of hydrogen-bond donors (Lipinski definition) is 1. The summed E-state index contributed by atoms with van der Waals surface area (Å²) in [6.45, 7) is 2.66. The molecule has 0 saturated carbocycles. The summed E-state index contributed by atoms with van der Waals surface area (Å²) in [6, 6.07) is 6.43. The summed E-state index contributed by atoms with van der Waals surface area (Å²) in [5, 5.41) is 3.24. The maximum atomic E-state index is 6.03.